The molecule has 4 rings (SSSR count). The average Bonchev–Trinajstić information content (AvgIpc) is 3.11. The molecule has 1 saturated carbocycles. The summed E-state index contributed by atoms with van der Waals surface area (Å²) in [5.74, 6) is 1.70. The second kappa shape index (κ2) is 11.7. The molecule has 1 amide bonds. The molecule has 0 atom stereocenters. The van der Waals surface area contributed by atoms with E-state index >= 15 is 0 Å². The van der Waals surface area contributed by atoms with Gasteiger partial charge < -0.3 is 19.5 Å². The first-order chi connectivity index (χ1) is 16.4. The molecule has 1 aliphatic heterocycles. The molecule has 7 nitrogen and oxygen atoms in total. The standard InChI is InChI=1S/C25H34F2N4O3/c1-17-14-21(30-34-17)15-24(32)28-20-5-2-18(3-6-20)8-11-31-12-9-19-4-7-25(33-16-23(26)27)29-22(19)10-13-31/h4,7,14,18,20,23H,2-3,5-6,8-13,15-16H2,1H3,(H,28,32). The van der Waals surface area contributed by atoms with Crippen LogP contribution in [0.5, 0.6) is 5.88 Å². The number of nitrogens with one attached hydrogen (secondary N) is 1. The molecule has 34 heavy (non-hydrogen) atoms. The zero-order valence-corrected chi connectivity index (χ0v) is 19.8. The van der Waals surface area contributed by atoms with Crippen LogP contribution in [0.25, 0.3) is 0 Å². The lowest BCUT2D eigenvalue weighted by atomic mass is 9.84. The van der Waals surface area contributed by atoms with Gasteiger partial charge in [-0.05, 0) is 63.5 Å². The predicted octanol–water partition coefficient (Wildman–Crippen LogP) is 3.73. The number of aromatic nitrogens is 2. The van der Waals surface area contributed by atoms with Gasteiger partial charge in [-0.3, -0.25) is 4.79 Å². The lowest BCUT2D eigenvalue weighted by Gasteiger charge is -2.30. The molecule has 0 radical (unpaired) electrons. The van der Waals surface area contributed by atoms with Gasteiger partial charge in [0.1, 0.15) is 5.76 Å². The monoisotopic (exact) mass is 476 g/mol. The molecule has 186 valence electrons. The van der Waals surface area contributed by atoms with E-state index in [2.05, 4.69) is 20.4 Å². The minimum absolute atomic E-state index is 0.0113. The summed E-state index contributed by atoms with van der Waals surface area (Å²) in [4.78, 5) is 19.2. The maximum atomic E-state index is 12.4. The lowest BCUT2D eigenvalue weighted by molar-refractivity contribution is -0.121. The third kappa shape index (κ3) is 7.22. The van der Waals surface area contributed by atoms with Crippen molar-refractivity contribution >= 4 is 5.91 Å². The number of aryl methyl sites for hydroxylation is 1. The van der Waals surface area contributed by atoms with Crippen molar-refractivity contribution in [3.63, 3.8) is 0 Å². The normalized spacial score (nSPS) is 21.2. The second-order valence-corrected chi connectivity index (χ2v) is 9.48. The highest BCUT2D eigenvalue weighted by Gasteiger charge is 2.24. The van der Waals surface area contributed by atoms with Crippen LogP contribution in [-0.2, 0) is 24.1 Å². The van der Waals surface area contributed by atoms with E-state index in [-0.39, 0.29) is 24.2 Å². The number of carbonyl (C=O) groups is 1. The topological polar surface area (TPSA) is 80.5 Å². The van der Waals surface area contributed by atoms with Crippen molar-refractivity contribution in [2.45, 2.75) is 70.8 Å². The number of nitrogens with zero attached hydrogens (tertiary/aromatic N) is 3. The highest BCUT2D eigenvalue weighted by Crippen LogP contribution is 2.28. The van der Waals surface area contributed by atoms with Gasteiger partial charge in [0.2, 0.25) is 11.8 Å². The van der Waals surface area contributed by atoms with Gasteiger partial charge in [-0.1, -0.05) is 11.2 Å². The van der Waals surface area contributed by atoms with Crippen molar-refractivity contribution in [2.75, 3.05) is 26.2 Å². The molecule has 0 bridgehead atoms. The van der Waals surface area contributed by atoms with Crippen molar-refractivity contribution in [3.05, 3.63) is 40.9 Å². The molecular formula is C25H34F2N4O3. The van der Waals surface area contributed by atoms with Gasteiger partial charge in [-0.25, -0.2) is 13.8 Å². The van der Waals surface area contributed by atoms with Crippen molar-refractivity contribution in [2.24, 2.45) is 5.92 Å². The molecule has 1 fully saturated rings. The Kier molecular flexibility index (Phi) is 8.48. The first kappa shape index (κ1) is 24.6. The Bertz CT molecular complexity index is 944. The summed E-state index contributed by atoms with van der Waals surface area (Å²) in [5.41, 5.74) is 2.82. The highest BCUT2D eigenvalue weighted by atomic mass is 19.3. The van der Waals surface area contributed by atoms with Gasteiger partial charge in [0, 0.05) is 43.4 Å². The molecule has 3 heterocycles. The number of alkyl halides is 2. The van der Waals surface area contributed by atoms with Gasteiger partial charge in [0.25, 0.3) is 6.43 Å². The number of hydrogen-bond acceptors (Lipinski definition) is 6. The molecule has 0 saturated heterocycles. The van der Waals surface area contributed by atoms with Crippen LogP contribution in [0.1, 0.15) is 54.8 Å². The van der Waals surface area contributed by atoms with Crippen LogP contribution in [-0.4, -0.2) is 59.7 Å². The molecule has 1 aliphatic carbocycles. The first-order valence-electron chi connectivity index (χ1n) is 12.3. The van der Waals surface area contributed by atoms with E-state index in [0.717, 1.165) is 76.0 Å². The molecule has 2 aliphatic rings. The zero-order chi connectivity index (χ0) is 23.9. The molecule has 0 unspecified atom stereocenters. The first-order valence-corrected chi connectivity index (χ1v) is 12.3. The SMILES string of the molecule is Cc1cc(CC(=O)NC2CCC(CCN3CCc4ccc(OCC(F)F)nc4CC3)CC2)no1. The Hall–Kier alpha value is -2.55. The van der Waals surface area contributed by atoms with Gasteiger partial charge in [0.15, 0.2) is 6.61 Å². The van der Waals surface area contributed by atoms with E-state index in [1.165, 1.54) is 5.56 Å². The van der Waals surface area contributed by atoms with E-state index in [9.17, 15) is 13.6 Å². The summed E-state index contributed by atoms with van der Waals surface area (Å²) in [7, 11) is 0. The summed E-state index contributed by atoms with van der Waals surface area (Å²) in [6.45, 7) is 4.16. The Balaban J connectivity index is 1.15. The van der Waals surface area contributed by atoms with Crippen LogP contribution in [0.3, 0.4) is 0 Å². The van der Waals surface area contributed by atoms with Crippen LogP contribution in [0.2, 0.25) is 0 Å². The molecule has 0 aromatic carbocycles. The number of amides is 1. The Labute approximate surface area is 199 Å². The number of carbonyl (C=O) groups excluding carboxylic acids is 1. The quantitative estimate of drug-likeness (QED) is 0.594. The third-order valence-electron chi connectivity index (χ3n) is 6.85. The summed E-state index contributed by atoms with van der Waals surface area (Å²) >= 11 is 0. The fourth-order valence-electron chi connectivity index (χ4n) is 4.97. The second-order valence-electron chi connectivity index (χ2n) is 9.48. The fraction of sp³-hybridized carbons (Fsp3) is 0.640. The molecular weight excluding hydrogens is 442 g/mol. The minimum atomic E-state index is -2.49. The maximum Gasteiger partial charge on any atom is 0.272 e. The Morgan fingerprint density at radius 1 is 1.24 bits per heavy atom. The van der Waals surface area contributed by atoms with Crippen LogP contribution >= 0.6 is 0 Å². The van der Waals surface area contributed by atoms with E-state index in [1.807, 2.05) is 13.0 Å². The van der Waals surface area contributed by atoms with Crippen LogP contribution < -0.4 is 10.1 Å². The van der Waals surface area contributed by atoms with Gasteiger partial charge in [-0.2, -0.15) is 0 Å². The third-order valence-corrected chi connectivity index (χ3v) is 6.85. The molecule has 2 aromatic rings. The largest absolute Gasteiger partial charge is 0.472 e. The average molecular weight is 477 g/mol. The summed E-state index contributed by atoms with van der Waals surface area (Å²) in [6, 6.07) is 5.71. The van der Waals surface area contributed by atoms with Gasteiger partial charge in [-0.15, -0.1) is 0 Å². The number of fused-ring (bicyclic) bond motifs is 1. The van der Waals surface area contributed by atoms with Crippen molar-refractivity contribution in [1.29, 1.82) is 0 Å². The number of pyridine rings is 1. The Morgan fingerprint density at radius 3 is 2.76 bits per heavy atom. The number of ether oxygens (including phenoxy) is 1. The zero-order valence-electron chi connectivity index (χ0n) is 19.8. The summed E-state index contributed by atoms with van der Waals surface area (Å²) < 4.78 is 34.9. The van der Waals surface area contributed by atoms with E-state index in [0.29, 0.717) is 11.6 Å². The molecule has 0 spiro atoms. The van der Waals surface area contributed by atoms with Crippen LogP contribution in [0, 0.1) is 12.8 Å². The lowest BCUT2D eigenvalue weighted by Crippen LogP contribution is -2.39. The number of rotatable bonds is 9. The van der Waals surface area contributed by atoms with E-state index in [4.69, 9.17) is 9.26 Å². The van der Waals surface area contributed by atoms with Crippen molar-refractivity contribution < 1.29 is 22.8 Å². The van der Waals surface area contributed by atoms with Crippen LogP contribution in [0.4, 0.5) is 8.78 Å². The van der Waals surface area contributed by atoms with E-state index in [1.54, 1.807) is 12.1 Å². The molecule has 2 aromatic heterocycles. The number of halogens is 2. The molecule has 1 N–H and O–H groups in total. The molecule has 9 heteroatoms. The maximum absolute atomic E-state index is 12.4. The highest BCUT2D eigenvalue weighted by molar-refractivity contribution is 5.78. The summed E-state index contributed by atoms with van der Waals surface area (Å²) in [5, 5.41) is 7.04. The predicted molar refractivity (Wildman–Crippen MR) is 123 cm³/mol. The van der Waals surface area contributed by atoms with Crippen molar-refractivity contribution in [3.8, 4) is 5.88 Å². The van der Waals surface area contributed by atoms with Crippen molar-refractivity contribution in [1.82, 2.24) is 20.4 Å². The minimum Gasteiger partial charge on any atom is -0.472 e. The Morgan fingerprint density at radius 2 is 2.03 bits per heavy atom. The van der Waals surface area contributed by atoms with Gasteiger partial charge >= 0.3 is 0 Å². The fourth-order valence-corrected chi connectivity index (χ4v) is 4.97. The van der Waals surface area contributed by atoms with E-state index < -0.39 is 13.0 Å². The van der Waals surface area contributed by atoms with Crippen LogP contribution in [0.15, 0.2) is 22.7 Å². The summed E-state index contributed by atoms with van der Waals surface area (Å²) in [6.07, 6.45) is 4.96. The number of hydrogen-bond donors (Lipinski definition) is 1. The smallest absolute Gasteiger partial charge is 0.272 e. The van der Waals surface area contributed by atoms with Gasteiger partial charge in [0.05, 0.1) is 12.1 Å².